The van der Waals surface area contributed by atoms with Crippen LogP contribution < -0.4 is 10.6 Å². The molecule has 2 heterocycles. The minimum atomic E-state index is -0.222. The van der Waals surface area contributed by atoms with Crippen LogP contribution in [0.4, 0.5) is 10.1 Å². The summed E-state index contributed by atoms with van der Waals surface area (Å²) in [6, 6.07) is 6.99. The van der Waals surface area contributed by atoms with Crippen LogP contribution >= 0.6 is 0 Å². The first-order valence-electron chi connectivity index (χ1n) is 8.07. The zero-order valence-corrected chi connectivity index (χ0v) is 12.6. The van der Waals surface area contributed by atoms with Gasteiger partial charge in [0.2, 0.25) is 0 Å². The number of hydrogen-bond donors (Lipinski definition) is 1. The van der Waals surface area contributed by atoms with Gasteiger partial charge in [0.1, 0.15) is 5.82 Å². The molecule has 1 saturated heterocycles. The maximum atomic E-state index is 13.5. The Morgan fingerprint density at radius 2 is 1.91 bits per heavy atom. The number of nitrogens with zero attached hydrogens (tertiary/aromatic N) is 3. The van der Waals surface area contributed by atoms with E-state index >= 15 is 0 Å². The Balaban J connectivity index is 1.71. The van der Waals surface area contributed by atoms with E-state index < -0.39 is 0 Å². The van der Waals surface area contributed by atoms with Crippen LogP contribution in [0.2, 0.25) is 0 Å². The van der Waals surface area contributed by atoms with Gasteiger partial charge >= 0.3 is 0 Å². The highest BCUT2D eigenvalue weighted by molar-refractivity contribution is 5.55. The van der Waals surface area contributed by atoms with E-state index in [1.807, 2.05) is 16.9 Å². The van der Waals surface area contributed by atoms with Crippen LogP contribution in [-0.2, 0) is 0 Å². The number of piperidine rings is 1. The monoisotopic (exact) mass is 300 g/mol. The van der Waals surface area contributed by atoms with Crippen molar-refractivity contribution in [3.05, 3.63) is 42.0 Å². The molecule has 2 N–H and O–H groups in total. The van der Waals surface area contributed by atoms with E-state index in [2.05, 4.69) is 10.00 Å². The highest BCUT2D eigenvalue weighted by Gasteiger charge is 2.33. The van der Waals surface area contributed by atoms with Crippen LogP contribution in [0.5, 0.6) is 0 Å². The summed E-state index contributed by atoms with van der Waals surface area (Å²) in [6.45, 7) is 1.96. The summed E-state index contributed by atoms with van der Waals surface area (Å²) < 4.78 is 15.5. The van der Waals surface area contributed by atoms with Crippen molar-refractivity contribution in [3.8, 4) is 5.69 Å². The first-order chi connectivity index (χ1) is 10.7. The predicted molar refractivity (Wildman–Crippen MR) is 84.9 cm³/mol. The number of halogens is 1. The number of rotatable bonds is 3. The Kier molecular flexibility index (Phi) is 3.37. The van der Waals surface area contributed by atoms with Gasteiger partial charge in [-0.3, -0.25) is 0 Å². The van der Waals surface area contributed by atoms with Crippen LogP contribution in [0.1, 0.15) is 37.3 Å². The first-order valence-corrected chi connectivity index (χ1v) is 8.07. The van der Waals surface area contributed by atoms with E-state index in [0.717, 1.165) is 31.6 Å². The van der Waals surface area contributed by atoms with Crippen molar-refractivity contribution < 1.29 is 4.39 Å². The van der Waals surface area contributed by atoms with Crippen LogP contribution in [-0.4, -0.2) is 28.9 Å². The highest BCUT2D eigenvalue weighted by Crippen LogP contribution is 2.45. The number of aromatic nitrogens is 2. The number of anilines is 1. The third-order valence-corrected chi connectivity index (χ3v) is 4.68. The molecule has 2 aliphatic rings. The SMILES string of the molecule is NC1CCN(c2cnn(-c3cccc(F)c3)c2C2CC2)CC1. The maximum Gasteiger partial charge on any atom is 0.125 e. The Labute approximate surface area is 129 Å². The van der Waals surface area contributed by atoms with Crippen molar-refractivity contribution in [1.82, 2.24) is 9.78 Å². The van der Waals surface area contributed by atoms with Gasteiger partial charge in [-0.15, -0.1) is 0 Å². The van der Waals surface area contributed by atoms with Crippen molar-refractivity contribution in [2.75, 3.05) is 18.0 Å². The summed E-state index contributed by atoms with van der Waals surface area (Å²) in [4.78, 5) is 2.39. The summed E-state index contributed by atoms with van der Waals surface area (Å²) in [7, 11) is 0. The first kappa shape index (κ1) is 13.8. The van der Waals surface area contributed by atoms with Crippen molar-refractivity contribution >= 4 is 5.69 Å². The van der Waals surface area contributed by atoms with E-state index in [9.17, 15) is 4.39 Å². The molecular formula is C17H21FN4. The fraction of sp³-hybridized carbons (Fsp3) is 0.471. The molecule has 0 spiro atoms. The lowest BCUT2D eigenvalue weighted by atomic mass is 10.1. The molecule has 5 heteroatoms. The van der Waals surface area contributed by atoms with Gasteiger partial charge in [-0.1, -0.05) is 6.07 Å². The summed E-state index contributed by atoms with van der Waals surface area (Å²) in [6.07, 6.45) is 6.38. The van der Waals surface area contributed by atoms with E-state index in [1.54, 1.807) is 12.1 Å². The largest absolute Gasteiger partial charge is 0.369 e. The second-order valence-electron chi connectivity index (χ2n) is 6.41. The minimum Gasteiger partial charge on any atom is -0.369 e. The van der Waals surface area contributed by atoms with Crippen LogP contribution in [0, 0.1) is 5.82 Å². The molecule has 0 atom stereocenters. The second kappa shape index (κ2) is 5.39. The Bertz CT molecular complexity index is 669. The zero-order chi connectivity index (χ0) is 15.1. The molecule has 22 heavy (non-hydrogen) atoms. The van der Waals surface area contributed by atoms with Crippen LogP contribution in [0.25, 0.3) is 5.69 Å². The molecule has 1 saturated carbocycles. The minimum absolute atomic E-state index is 0.222. The number of hydrogen-bond acceptors (Lipinski definition) is 3. The van der Waals surface area contributed by atoms with E-state index in [1.165, 1.54) is 30.3 Å². The smallest absolute Gasteiger partial charge is 0.125 e. The van der Waals surface area contributed by atoms with Gasteiger partial charge in [0.25, 0.3) is 0 Å². The van der Waals surface area contributed by atoms with E-state index in [-0.39, 0.29) is 5.82 Å². The molecule has 2 fully saturated rings. The Hall–Kier alpha value is -1.88. The molecular weight excluding hydrogens is 279 g/mol. The molecule has 1 aromatic carbocycles. The molecule has 4 rings (SSSR count). The molecule has 2 aromatic rings. The van der Waals surface area contributed by atoms with Gasteiger partial charge < -0.3 is 10.6 Å². The van der Waals surface area contributed by atoms with Gasteiger partial charge in [0, 0.05) is 25.0 Å². The summed E-state index contributed by atoms with van der Waals surface area (Å²) >= 11 is 0. The zero-order valence-electron chi connectivity index (χ0n) is 12.6. The van der Waals surface area contributed by atoms with E-state index in [4.69, 9.17) is 5.73 Å². The summed E-state index contributed by atoms with van der Waals surface area (Å²) in [5.74, 6) is 0.330. The molecule has 0 amide bonds. The van der Waals surface area contributed by atoms with Gasteiger partial charge in [-0.2, -0.15) is 5.10 Å². The average Bonchev–Trinajstić information content (AvgIpc) is 3.27. The van der Waals surface area contributed by atoms with Gasteiger partial charge in [-0.05, 0) is 43.9 Å². The fourth-order valence-electron chi connectivity index (χ4n) is 3.29. The molecule has 1 aliphatic carbocycles. The lowest BCUT2D eigenvalue weighted by Crippen LogP contribution is -2.39. The van der Waals surface area contributed by atoms with E-state index in [0.29, 0.717) is 12.0 Å². The molecule has 0 bridgehead atoms. The molecule has 116 valence electrons. The quantitative estimate of drug-likeness (QED) is 0.948. The Morgan fingerprint density at radius 3 is 2.59 bits per heavy atom. The van der Waals surface area contributed by atoms with Gasteiger partial charge in [-0.25, -0.2) is 9.07 Å². The lowest BCUT2D eigenvalue weighted by molar-refractivity contribution is 0.500. The number of nitrogens with two attached hydrogens (primary N) is 1. The van der Waals surface area contributed by atoms with Crippen molar-refractivity contribution in [2.45, 2.75) is 37.6 Å². The molecule has 0 radical (unpaired) electrons. The lowest BCUT2D eigenvalue weighted by Gasteiger charge is -2.32. The van der Waals surface area contributed by atoms with Crippen molar-refractivity contribution in [2.24, 2.45) is 5.73 Å². The molecule has 0 unspecified atom stereocenters. The molecule has 1 aromatic heterocycles. The van der Waals surface area contributed by atoms with Gasteiger partial charge in [0.15, 0.2) is 0 Å². The third-order valence-electron chi connectivity index (χ3n) is 4.68. The van der Waals surface area contributed by atoms with Crippen LogP contribution in [0.3, 0.4) is 0 Å². The standard InChI is InChI=1S/C17H21FN4/c18-13-2-1-3-15(10-13)22-17(12-4-5-12)16(11-20-22)21-8-6-14(19)7-9-21/h1-3,10-12,14H,4-9,19H2. The van der Waals surface area contributed by atoms with Crippen LogP contribution in [0.15, 0.2) is 30.5 Å². The summed E-state index contributed by atoms with van der Waals surface area (Å²) in [5, 5.41) is 4.56. The third kappa shape index (κ3) is 2.50. The van der Waals surface area contributed by atoms with Gasteiger partial charge in [0.05, 0.1) is 23.3 Å². The predicted octanol–water partition coefficient (Wildman–Crippen LogP) is 2.82. The molecule has 1 aliphatic heterocycles. The normalized spacial score (nSPS) is 19.6. The van der Waals surface area contributed by atoms with Crippen molar-refractivity contribution in [1.29, 1.82) is 0 Å². The van der Waals surface area contributed by atoms with Crippen molar-refractivity contribution in [3.63, 3.8) is 0 Å². The molecule has 4 nitrogen and oxygen atoms in total. The average molecular weight is 300 g/mol. The topological polar surface area (TPSA) is 47.1 Å². The second-order valence-corrected chi connectivity index (χ2v) is 6.41. The highest BCUT2D eigenvalue weighted by atomic mass is 19.1. The number of benzene rings is 1. The maximum absolute atomic E-state index is 13.5. The fourth-order valence-corrected chi connectivity index (χ4v) is 3.29. The Morgan fingerprint density at radius 1 is 1.14 bits per heavy atom. The summed E-state index contributed by atoms with van der Waals surface area (Å²) in [5.41, 5.74) is 9.26.